The Hall–Kier alpha value is -0.160. The van der Waals surface area contributed by atoms with Crippen molar-refractivity contribution in [2.24, 2.45) is 17.1 Å². The Morgan fingerprint density at radius 3 is 2.50 bits per heavy atom. The highest BCUT2D eigenvalue weighted by Crippen LogP contribution is 2.25. The van der Waals surface area contributed by atoms with E-state index in [-0.39, 0.29) is 0 Å². The lowest BCUT2D eigenvalue weighted by atomic mass is 9.88. The predicted octanol–water partition coefficient (Wildman–Crippen LogP) is 1.41. The molecule has 2 fully saturated rings. The van der Waals surface area contributed by atoms with Crippen LogP contribution in [0.4, 0.5) is 0 Å². The second-order valence-corrected chi connectivity index (χ2v) is 7.37. The van der Waals surface area contributed by atoms with Crippen LogP contribution in [0.2, 0.25) is 0 Å². The lowest BCUT2D eigenvalue weighted by molar-refractivity contribution is 0.0119. The van der Waals surface area contributed by atoms with Gasteiger partial charge in [-0.3, -0.25) is 4.90 Å². The van der Waals surface area contributed by atoms with Gasteiger partial charge >= 0.3 is 0 Å². The van der Waals surface area contributed by atoms with Gasteiger partial charge in [-0.05, 0) is 43.7 Å². The number of hydrogen-bond donors (Lipinski definition) is 1. The van der Waals surface area contributed by atoms with E-state index in [0.717, 1.165) is 38.8 Å². The van der Waals surface area contributed by atoms with Crippen LogP contribution in [0.1, 0.15) is 33.1 Å². The standard InChI is InChI=1S/C16H33N3O/c1-16(2,13-18-8-10-20-11-9-18)14-19-7-3-4-15(12-19)5-6-17/h15H,3-14,17H2,1-2H3. The van der Waals surface area contributed by atoms with Crippen LogP contribution in [0.15, 0.2) is 0 Å². The van der Waals surface area contributed by atoms with Crippen LogP contribution in [-0.4, -0.2) is 68.8 Å². The van der Waals surface area contributed by atoms with Crippen molar-refractivity contribution in [2.75, 3.05) is 59.0 Å². The molecule has 118 valence electrons. The maximum atomic E-state index is 5.72. The molecule has 2 aliphatic rings. The zero-order valence-electron chi connectivity index (χ0n) is 13.4. The highest BCUT2D eigenvalue weighted by atomic mass is 16.5. The van der Waals surface area contributed by atoms with Gasteiger partial charge in [0.05, 0.1) is 13.2 Å². The second-order valence-electron chi connectivity index (χ2n) is 7.37. The average Bonchev–Trinajstić information content (AvgIpc) is 2.39. The molecule has 2 rings (SSSR count). The highest BCUT2D eigenvalue weighted by Gasteiger charge is 2.28. The third-order valence-electron chi connectivity index (χ3n) is 4.59. The molecule has 0 aliphatic carbocycles. The molecule has 0 aromatic rings. The monoisotopic (exact) mass is 283 g/mol. The van der Waals surface area contributed by atoms with E-state index in [1.54, 1.807) is 0 Å². The van der Waals surface area contributed by atoms with Crippen molar-refractivity contribution >= 4 is 0 Å². The summed E-state index contributed by atoms with van der Waals surface area (Å²) in [4.78, 5) is 5.23. The number of nitrogens with zero attached hydrogens (tertiary/aromatic N) is 2. The van der Waals surface area contributed by atoms with Crippen LogP contribution in [0.5, 0.6) is 0 Å². The van der Waals surface area contributed by atoms with E-state index < -0.39 is 0 Å². The fraction of sp³-hybridized carbons (Fsp3) is 1.00. The third kappa shape index (κ3) is 5.32. The maximum absolute atomic E-state index is 5.72. The molecule has 0 saturated carbocycles. The smallest absolute Gasteiger partial charge is 0.0594 e. The molecule has 0 spiro atoms. The van der Waals surface area contributed by atoms with Gasteiger partial charge in [0.25, 0.3) is 0 Å². The van der Waals surface area contributed by atoms with E-state index in [2.05, 4.69) is 23.6 Å². The fourth-order valence-electron chi connectivity index (χ4n) is 3.79. The van der Waals surface area contributed by atoms with Crippen molar-refractivity contribution in [3.63, 3.8) is 0 Å². The third-order valence-corrected chi connectivity index (χ3v) is 4.59. The van der Waals surface area contributed by atoms with E-state index in [1.165, 1.54) is 45.4 Å². The van der Waals surface area contributed by atoms with Gasteiger partial charge in [0.15, 0.2) is 0 Å². The molecule has 2 aliphatic heterocycles. The lowest BCUT2D eigenvalue weighted by Gasteiger charge is -2.41. The van der Waals surface area contributed by atoms with Gasteiger partial charge in [-0.1, -0.05) is 13.8 Å². The molecular weight excluding hydrogens is 250 g/mol. The average molecular weight is 283 g/mol. The Kier molecular flexibility index (Phi) is 6.27. The van der Waals surface area contributed by atoms with E-state index in [0.29, 0.717) is 5.41 Å². The zero-order chi connectivity index (χ0) is 14.4. The van der Waals surface area contributed by atoms with E-state index in [9.17, 15) is 0 Å². The van der Waals surface area contributed by atoms with Crippen molar-refractivity contribution in [2.45, 2.75) is 33.1 Å². The number of ether oxygens (including phenoxy) is 1. The Morgan fingerprint density at radius 2 is 1.80 bits per heavy atom. The molecule has 1 unspecified atom stereocenters. The topological polar surface area (TPSA) is 41.7 Å². The molecule has 1 atom stereocenters. The summed E-state index contributed by atoms with van der Waals surface area (Å²) in [5, 5.41) is 0. The van der Waals surface area contributed by atoms with Gasteiger partial charge in [-0.2, -0.15) is 0 Å². The summed E-state index contributed by atoms with van der Waals surface area (Å²) in [5.41, 5.74) is 6.08. The Bertz CT molecular complexity index is 275. The maximum Gasteiger partial charge on any atom is 0.0594 e. The van der Waals surface area contributed by atoms with Crippen molar-refractivity contribution in [3.05, 3.63) is 0 Å². The fourth-order valence-corrected chi connectivity index (χ4v) is 3.79. The molecule has 2 heterocycles. The highest BCUT2D eigenvalue weighted by molar-refractivity contribution is 4.82. The molecule has 2 N–H and O–H groups in total. The Labute approximate surface area is 124 Å². The molecule has 20 heavy (non-hydrogen) atoms. The zero-order valence-corrected chi connectivity index (χ0v) is 13.4. The number of piperidine rings is 1. The summed E-state index contributed by atoms with van der Waals surface area (Å²) in [6.07, 6.45) is 3.91. The molecule has 4 heteroatoms. The summed E-state index contributed by atoms with van der Waals surface area (Å²) in [6, 6.07) is 0. The first kappa shape index (κ1) is 16.2. The number of hydrogen-bond acceptors (Lipinski definition) is 4. The molecular formula is C16H33N3O. The normalized spacial score (nSPS) is 26.9. The Morgan fingerprint density at radius 1 is 1.10 bits per heavy atom. The molecule has 2 saturated heterocycles. The first-order chi connectivity index (χ1) is 9.59. The number of morpholine rings is 1. The quantitative estimate of drug-likeness (QED) is 0.800. The van der Waals surface area contributed by atoms with Gasteiger partial charge in [-0.25, -0.2) is 0 Å². The molecule has 4 nitrogen and oxygen atoms in total. The largest absolute Gasteiger partial charge is 0.379 e. The SMILES string of the molecule is CC(C)(CN1CCOCC1)CN1CCCC(CCN)C1. The van der Waals surface area contributed by atoms with Gasteiger partial charge in [0.2, 0.25) is 0 Å². The summed E-state index contributed by atoms with van der Waals surface area (Å²) in [5.74, 6) is 0.827. The molecule has 0 aromatic heterocycles. The number of nitrogens with two attached hydrogens (primary N) is 1. The van der Waals surface area contributed by atoms with Gasteiger partial charge in [-0.15, -0.1) is 0 Å². The summed E-state index contributed by atoms with van der Waals surface area (Å²) in [7, 11) is 0. The lowest BCUT2D eigenvalue weighted by Crippen LogP contribution is -2.48. The van der Waals surface area contributed by atoms with Crippen LogP contribution in [-0.2, 0) is 4.74 Å². The molecule has 0 aromatic carbocycles. The van der Waals surface area contributed by atoms with Crippen LogP contribution < -0.4 is 5.73 Å². The Balaban J connectivity index is 1.77. The van der Waals surface area contributed by atoms with Crippen LogP contribution in [0, 0.1) is 11.3 Å². The van der Waals surface area contributed by atoms with Crippen molar-refractivity contribution in [3.8, 4) is 0 Å². The minimum Gasteiger partial charge on any atom is -0.379 e. The summed E-state index contributed by atoms with van der Waals surface area (Å²) in [6.45, 7) is 14.6. The number of rotatable bonds is 6. The van der Waals surface area contributed by atoms with Crippen molar-refractivity contribution < 1.29 is 4.74 Å². The molecule has 0 amide bonds. The summed E-state index contributed by atoms with van der Waals surface area (Å²) >= 11 is 0. The minimum atomic E-state index is 0.363. The van der Waals surface area contributed by atoms with Crippen LogP contribution in [0.25, 0.3) is 0 Å². The van der Waals surface area contributed by atoms with E-state index in [4.69, 9.17) is 10.5 Å². The second kappa shape index (κ2) is 7.74. The van der Waals surface area contributed by atoms with Gasteiger partial charge in [0, 0.05) is 32.7 Å². The molecule has 0 bridgehead atoms. The van der Waals surface area contributed by atoms with Gasteiger partial charge in [0.1, 0.15) is 0 Å². The van der Waals surface area contributed by atoms with Crippen molar-refractivity contribution in [1.29, 1.82) is 0 Å². The molecule has 0 radical (unpaired) electrons. The van der Waals surface area contributed by atoms with E-state index in [1.807, 2.05) is 0 Å². The predicted molar refractivity (Wildman–Crippen MR) is 83.9 cm³/mol. The minimum absolute atomic E-state index is 0.363. The van der Waals surface area contributed by atoms with Crippen LogP contribution >= 0.6 is 0 Å². The first-order valence-corrected chi connectivity index (χ1v) is 8.31. The summed E-state index contributed by atoms with van der Waals surface area (Å²) < 4.78 is 5.44. The van der Waals surface area contributed by atoms with Gasteiger partial charge < -0.3 is 15.4 Å². The van der Waals surface area contributed by atoms with Crippen molar-refractivity contribution in [1.82, 2.24) is 9.80 Å². The van der Waals surface area contributed by atoms with E-state index >= 15 is 0 Å². The van der Waals surface area contributed by atoms with Crippen LogP contribution in [0.3, 0.4) is 0 Å². The first-order valence-electron chi connectivity index (χ1n) is 8.31. The number of likely N-dealkylation sites (tertiary alicyclic amines) is 1.